The van der Waals surface area contributed by atoms with Gasteiger partial charge in [0.05, 0.1) is 28.4 Å². The topological polar surface area (TPSA) is 150 Å². The van der Waals surface area contributed by atoms with E-state index in [0.29, 0.717) is 0 Å². The fourth-order valence-corrected chi connectivity index (χ4v) is 3.09. The van der Waals surface area contributed by atoms with Gasteiger partial charge >= 0.3 is 5.97 Å². The molecule has 9 nitrogen and oxygen atoms in total. The summed E-state index contributed by atoms with van der Waals surface area (Å²) in [7, 11) is -4.19. The molecule has 25 heavy (non-hydrogen) atoms. The largest absolute Gasteiger partial charge is 0.480 e. The van der Waals surface area contributed by atoms with E-state index in [9.17, 15) is 23.1 Å². The smallest absolute Gasteiger partial charge is 0.323 e. The molecule has 1 aromatic carbocycles. The number of furan rings is 1. The molecule has 0 saturated heterocycles. The second kappa shape index (κ2) is 7.61. The van der Waals surface area contributed by atoms with Gasteiger partial charge in [-0.05, 0) is 24.3 Å². The zero-order chi connectivity index (χ0) is 18.4. The monoisotopic (exact) mass is 363 g/mol. The highest BCUT2D eigenvalue weighted by atomic mass is 32.2. The van der Waals surface area contributed by atoms with Gasteiger partial charge in [0, 0.05) is 6.54 Å². The van der Waals surface area contributed by atoms with Crippen LogP contribution in [0.5, 0.6) is 0 Å². The summed E-state index contributed by atoms with van der Waals surface area (Å²) in [5, 5.41) is 20.3. The van der Waals surface area contributed by atoms with Crippen LogP contribution < -0.4 is 10.0 Å². The van der Waals surface area contributed by atoms with Crippen molar-refractivity contribution in [2.75, 3.05) is 6.54 Å². The fraction of sp³-hybridized carbons (Fsp3) is 0.133. The van der Waals surface area contributed by atoms with Gasteiger partial charge in [-0.15, -0.1) is 0 Å². The van der Waals surface area contributed by atoms with Gasteiger partial charge in [-0.2, -0.15) is 9.98 Å². The lowest BCUT2D eigenvalue weighted by molar-refractivity contribution is -0.138. The Labute approximate surface area is 142 Å². The minimum atomic E-state index is -4.19. The van der Waals surface area contributed by atoms with E-state index in [1.165, 1.54) is 36.8 Å². The van der Waals surface area contributed by atoms with E-state index in [0.717, 1.165) is 6.07 Å². The van der Waals surface area contributed by atoms with Gasteiger partial charge in [-0.3, -0.25) is 9.59 Å². The number of rotatable bonds is 7. The van der Waals surface area contributed by atoms with Crippen LogP contribution in [0, 0.1) is 11.3 Å². The van der Waals surface area contributed by atoms with Gasteiger partial charge in [0.1, 0.15) is 12.3 Å². The summed E-state index contributed by atoms with van der Waals surface area (Å²) in [4.78, 5) is 22.8. The van der Waals surface area contributed by atoms with E-state index < -0.39 is 34.5 Å². The van der Waals surface area contributed by atoms with Crippen molar-refractivity contribution < 1.29 is 27.5 Å². The first-order valence-corrected chi connectivity index (χ1v) is 8.37. The second-order valence-electron chi connectivity index (χ2n) is 4.87. The minimum absolute atomic E-state index is 0.114. The number of sulfonamides is 1. The zero-order valence-electron chi connectivity index (χ0n) is 12.7. The maximum atomic E-state index is 12.3. The highest BCUT2D eigenvalue weighted by molar-refractivity contribution is 7.89. The zero-order valence-corrected chi connectivity index (χ0v) is 13.5. The Morgan fingerprint density at radius 1 is 1.32 bits per heavy atom. The Hall–Kier alpha value is -3.16. The van der Waals surface area contributed by atoms with Gasteiger partial charge in [-0.25, -0.2) is 8.42 Å². The van der Waals surface area contributed by atoms with Crippen molar-refractivity contribution in [3.8, 4) is 6.07 Å². The summed E-state index contributed by atoms with van der Waals surface area (Å²) in [6.07, 6.45) is 2.44. The highest BCUT2D eigenvalue weighted by Gasteiger charge is 2.26. The maximum absolute atomic E-state index is 12.3. The molecule has 10 heteroatoms. The molecule has 1 heterocycles. The average molecular weight is 363 g/mol. The number of nitriles is 1. The summed E-state index contributed by atoms with van der Waals surface area (Å²) in [5.41, 5.74) is 0.289. The van der Waals surface area contributed by atoms with E-state index in [4.69, 9.17) is 9.68 Å². The maximum Gasteiger partial charge on any atom is 0.323 e. The molecule has 3 N–H and O–H groups in total. The number of hydrogen-bond acceptors (Lipinski definition) is 6. The summed E-state index contributed by atoms with van der Waals surface area (Å²) in [6, 6.07) is 6.71. The molecule has 0 spiro atoms. The Morgan fingerprint density at radius 2 is 2.08 bits per heavy atom. The first-order valence-electron chi connectivity index (χ1n) is 6.89. The van der Waals surface area contributed by atoms with E-state index >= 15 is 0 Å². The Balaban J connectivity index is 2.11. The van der Waals surface area contributed by atoms with Crippen molar-refractivity contribution in [3.05, 3.63) is 54.0 Å². The van der Waals surface area contributed by atoms with Crippen LogP contribution in [-0.4, -0.2) is 38.0 Å². The van der Waals surface area contributed by atoms with Gasteiger partial charge in [0.25, 0.3) is 5.91 Å². The molecule has 1 atom stereocenters. The minimum Gasteiger partial charge on any atom is -0.480 e. The highest BCUT2D eigenvalue weighted by Crippen LogP contribution is 2.11. The average Bonchev–Trinajstić information content (AvgIpc) is 3.12. The predicted molar refractivity (Wildman–Crippen MR) is 83.9 cm³/mol. The van der Waals surface area contributed by atoms with Crippen LogP contribution in [0.3, 0.4) is 0 Å². The number of carboxylic acid groups (broad SMARTS) is 1. The first-order chi connectivity index (χ1) is 11.8. The molecular weight excluding hydrogens is 350 g/mol. The number of carbonyl (C=O) groups excluding carboxylic acids is 1. The van der Waals surface area contributed by atoms with Gasteiger partial charge in [0.15, 0.2) is 0 Å². The van der Waals surface area contributed by atoms with Crippen molar-refractivity contribution in [2.45, 2.75) is 10.9 Å². The van der Waals surface area contributed by atoms with Crippen molar-refractivity contribution in [3.63, 3.8) is 0 Å². The number of nitrogens with one attached hydrogen (secondary N) is 2. The van der Waals surface area contributed by atoms with E-state index in [1.54, 1.807) is 6.07 Å². The van der Waals surface area contributed by atoms with Crippen molar-refractivity contribution in [2.24, 2.45) is 0 Å². The summed E-state index contributed by atoms with van der Waals surface area (Å²) < 4.78 is 31.3. The molecule has 1 aromatic heterocycles. The molecule has 0 aliphatic heterocycles. The number of nitrogens with zero attached hydrogens (tertiary/aromatic N) is 1. The number of benzene rings is 1. The quantitative estimate of drug-likeness (QED) is 0.641. The number of carbonyl (C=O) groups is 2. The lowest BCUT2D eigenvalue weighted by Gasteiger charge is -2.15. The SMILES string of the molecule is N#Cc1cccc(S(=O)(=O)N[C@H](CNC(=O)c2ccoc2)C(=O)O)c1. The molecule has 0 aliphatic carbocycles. The van der Waals surface area contributed by atoms with Crippen LogP contribution in [0.15, 0.2) is 52.2 Å². The predicted octanol–water partition coefficient (Wildman–Crippen LogP) is 0.313. The molecule has 0 radical (unpaired) electrons. The van der Waals surface area contributed by atoms with Crippen LogP contribution in [0.4, 0.5) is 0 Å². The van der Waals surface area contributed by atoms with Crippen molar-refractivity contribution in [1.29, 1.82) is 5.26 Å². The Kier molecular flexibility index (Phi) is 5.53. The molecule has 0 bridgehead atoms. The van der Waals surface area contributed by atoms with Crippen molar-refractivity contribution in [1.82, 2.24) is 10.0 Å². The summed E-state index contributed by atoms with van der Waals surface area (Å²) in [6.45, 7) is -0.476. The van der Waals surface area contributed by atoms with Gasteiger partial charge < -0.3 is 14.8 Å². The molecule has 0 aliphatic rings. The number of carboxylic acids is 1. The number of aliphatic carboxylic acids is 1. The van der Waals surface area contributed by atoms with Gasteiger partial charge in [-0.1, -0.05) is 6.07 Å². The Bertz CT molecular complexity index is 915. The van der Waals surface area contributed by atoms with Gasteiger partial charge in [0.2, 0.25) is 10.0 Å². The normalized spacial score (nSPS) is 12.1. The third-order valence-corrected chi connectivity index (χ3v) is 4.59. The number of amides is 1. The lowest BCUT2D eigenvalue weighted by atomic mass is 10.2. The third-order valence-electron chi connectivity index (χ3n) is 3.12. The van der Waals surface area contributed by atoms with E-state index in [2.05, 4.69) is 5.32 Å². The van der Waals surface area contributed by atoms with E-state index in [-0.39, 0.29) is 16.0 Å². The molecule has 130 valence electrons. The third kappa shape index (κ3) is 4.66. The lowest BCUT2D eigenvalue weighted by Crippen LogP contribution is -2.48. The second-order valence-corrected chi connectivity index (χ2v) is 6.59. The standard InChI is InChI=1S/C15H13N3O6S/c16-7-10-2-1-3-12(6-10)25(22,23)18-13(15(20)21)8-17-14(19)11-4-5-24-9-11/h1-6,9,13,18H,8H2,(H,17,19)(H,20,21)/t13-/m1/s1. The Morgan fingerprint density at radius 3 is 2.68 bits per heavy atom. The van der Waals surface area contributed by atoms with Crippen LogP contribution in [0.25, 0.3) is 0 Å². The molecule has 0 saturated carbocycles. The number of hydrogen-bond donors (Lipinski definition) is 3. The summed E-state index contributed by atoms with van der Waals surface area (Å²) >= 11 is 0. The van der Waals surface area contributed by atoms with Crippen LogP contribution in [0.2, 0.25) is 0 Å². The molecule has 2 rings (SSSR count). The van der Waals surface area contributed by atoms with E-state index in [1.807, 2.05) is 4.72 Å². The first kappa shape index (κ1) is 18.2. The van der Waals surface area contributed by atoms with Crippen molar-refractivity contribution >= 4 is 21.9 Å². The van der Waals surface area contributed by atoms with Crippen LogP contribution in [0.1, 0.15) is 15.9 Å². The molecule has 2 aromatic rings. The molecule has 0 unspecified atom stereocenters. The van der Waals surface area contributed by atoms with Crippen LogP contribution in [-0.2, 0) is 14.8 Å². The molecular formula is C15H13N3O6S. The molecule has 1 amide bonds. The fourth-order valence-electron chi connectivity index (χ4n) is 1.86. The van der Waals surface area contributed by atoms with Crippen LogP contribution >= 0.6 is 0 Å². The summed E-state index contributed by atoms with van der Waals surface area (Å²) in [5.74, 6) is -2.07. The molecule has 0 fully saturated rings.